The van der Waals surface area contributed by atoms with E-state index in [1.165, 1.54) is 0 Å². The third-order valence-corrected chi connectivity index (χ3v) is 4.44. The number of thioether (sulfide) groups is 1. The Morgan fingerprint density at radius 3 is 2.43 bits per heavy atom. The molecular formula is C15H22O5S. The van der Waals surface area contributed by atoms with Crippen molar-refractivity contribution in [3.8, 4) is 11.5 Å². The van der Waals surface area contributed by atoms with Gasteiger partial charge in [-0.1, -0.05) is 0 Å². The Bertz CT molecular complexity index is 446. The van der Waals surface area contributed by atoms with E-state index < -0.39 is 5.60 Å². The number of benzene rings is 1. The Morgan fingerprint density at radius 1 is 1.10 bits per heavy atom. The van der Waals surface area contributed by atoms with Gasteiger partial charge in [-0.15, -0.1) is 0 Å². The zero-order valence-electron chi connectivity index (χ0n) is 12.5. The third kappa shape index (κ3) is 4.26. The maximum atomic E-state index is 10.9. The highest BCUT2D eigenvalue weighted by atomic mass is 32.2. The predicted molar refractivity (Wildman–Crippen MR) is 81.9 cm³/mol. The number of ether oxygens (including phenoxy) is 4. The van der Waals surface area contributed by atoms with Crippen molar-refractivity contribution in [1.29, 1.82) is 0 Å². The van der Waals surface area contributed by atoms with Crippen LogP contribution in [0.4, 0.5) is 0 Å². The van der Waals surface area contributed by atoms with Crippen LogP contribution in [0, 0.1) is 0 Å². The molecule has 1 heterocycles. The molecule has 1 aliphatic heterocycles. The van der Waals surface area contributed by atoms with Crippen molar-refractivity contribution >= 4 is 11.8 Å². The van der Waals surface area contributed by atoms with E-state index in [0.717, 1.165) is 29.9 Å². The van der Waals surface area contributed by atoms with E-state index in [1.807, 2.05) is 23.9 Å². The summed E-state index contributed by atoms with van der Waals surface area (Å²) in [6, 6.07) is 5.47. The van der Waals surface area contributed by atoms with Gasteiger partial charge in [0.05, 0.1) is 5.60 Å². The lowest BCUT2D eigenvalue weighted by molar-refractivity contribution is 0.0147. The highest BCUT2D eigenvalue weighted by molar-refractivity contribution is 7.99. The second kappa shape index (κ2) is 7.89. The van der Waals surface area contributed by atoms with E-state index in [4.69, 9.17) is 18.9 Å². The fourth-order valence-electron chi connectivity index (χ4n) is 2.32. The van der Waals surface area contributed by atoms with Gasteiger partial charge in [-0.2, -0.15) is 11.8 Å². The van der Waals surface area contributed by atoms with Crippen LogP contribution in [0.1, 0.15) is 18.4 Å². The maximum Gasteiger partial charge on any atom is 0.188 e. The summed E-state index contributed by atoms with van der Waals surface area (Å²) in [5.41, 5.74) is -0.0432. The molecule has 0 aliphatic carbocycles. The lowest BCUT2D eigenvalue weighted by Crippen LogP contribution is -2.31. The molecular weight excluding hydrogens is 292 g/mol. The molecule has 0 atom stereocenters. The molecule has 1 N–H and O–H groups in total. The summed E-state index contributed by atoms with van der Waals surface area (Å²) in [4.78, 5) is 0. The number of hydrogen-bond donors (Lipinski definition) is 1. The van der Waals surface area contributed by atoms with E-state index in [2.05, 4.69) is 0 Å². The Labute approximate surface area is 129 Å². The third-order valence-electron chi connectivity index (χ3n) is 3.45. The second-order valence-electron chi connectivity index (χ2n) is 4.90. The fraction of sp³-hybridized carbons (Fsp3) is 0.600. The zero-order chi connectivity index (χ0) is 15.1. The first-order valence-corrected chi connectivity index (χ1v) is 8.03. The van der Waals surface area contributed by atoms with Gasteiger partial charge < -0.3 is 24.1 Å². The maximum absolute atomic E-state index is 10.9. The first-order valence-electron chi connectivity index (χ1n) is 6.88. The molecule has 1 aromatic carbocycles. The van der Waals surface area contributed by atoms with Gasteiger partial charge >= 0.3 is 0 Å². The molecule has 6 heteroatoms. The van der Waals surface area contributed by atoms with Gasteiger partial charge in [0, 0.05) is 25.8 Å². The van der Waals surface area contributed by atoms with Gasteiger partial charge in [-0.25, -0.2) is 0 Å². The number of aliphatic hydroxyl groups is 1. The molecule has 0 unspecified atom stereocenters. The van der Waals surface area contributed by atoms with Crippen LogP contribution < -0.4 is 9.47 Å². The quantitative estimate of drug-likeness (QED) is 0.780. The van der Waals surface area contributed by atoms with Crippen LogP contribution in [-0.4, -0.2) is 44.4 Å². The van der Waals surface area contributed by atoms with Gasteiger partial charge in [-0.05, 0) is 36.5 Å². The Hall–Kier alpha value is -0.950. The molecule has 1 saturated heterocycles. The van der Waals surface area contributed by atoms with E-state index in [1.54, 1.807) is 20.3 Å². The fourth-order valence-corrected chi connectivity index (χ4v) is 3.49. The summed E-state index contributed by atoms with van der Waals surface area (Å²) in [5, 5.41) is 10.9. The second-order valence-corrected chi connectivity index (χ2v) is 6.13. The predicted octanol–water partition coefficient (Wildman–Crippen LogP) is 2.37. The first-order chi connectivity index (χ1) is 10.2. The van der Waals surface area contributed by atoms with Crippen LogP contribution in [0.5, 0.6) is 11.5 Å². The van der Waals surface area contributed by atoms with E-state index in [9.17, 15) is 5.11 Å². The Balaban J connectivity index is 2.25. The molecule has 1 aromatic rings. The standard InChI is InChI=1S/C15H22O5S/c1-17-10-19-12-3-4-13(14(9-12)20-11-18-2)15(16)5-7-21-8-6-15/h3-4,9,16H,5-8,10-11H2,1-2H3. The minimum atomic E-state index is -0.839. The molecule has 0 radical (unpaired) electrons. The average molecular weight is 314 g/mol. The van der Waals surface area contributed by atoms with E-state index in [-0.39, 0.29) is 13.6 Å². The monoisotopic (exact) mass is 314 g/mol. The van der Waals surface area contributed by atoms with Gasteiger partial charge in [-0.3, -0.25) is 0 Å². The van der Waals surface area contributed by atoms with Gasteiger partial charge in [0.1, 0.15) is 11.5 Å². The smallest absolute Gasteiger partial charge is 0.188 e. The van der Waals surface area contributed by atoms with Crippen molar-refractivity contribution in [3.63, 3.8) is 0 Å². The normalized spacial score (nSPS) is 17.5. The molecule has 21 heavy (non-hydrogen) atoms. The molecule has 0 amide bonds. The number of methoxy groups -OCH3 is 2. The molecule has 0 aromatic heterocycles. The summed E-state index contributed by atoms with van der Waals surface area (Å²) in [7, 11) is 3.13. The van der Waals surface area contributed by atoms with Gasteiger partial charge in [0.15, 0.2) is 13.6 Å². The van der Waals surface area contributed by atoms with Crippen LogP contribution in [-0.2, 0) is 15.1 Å². The van der Waals surface area contributed by atoms with Crippen LogP contribution >= 0.6 is 11.8 Å². The van der Waals surface area contributed by atoms with Crippen molar-refractivity contribution in [3.05, 3.63) is 23.8 Å². The number of hydrogen-bond acceptors (Lipinski definition) is 6. The molecule has 118 valence electrons. The summed E-state index contributed by atoms with van der Waals surface area (Å²) >= 11 is 1.86. The summed E-state index contributed by atoms with van der Waals surface area (Å²) in [6.45, 7) is 0.301. The van der Waals surface area contributed by atoms with Crippen molar-refractivity contribution in [2.45, 2.75) is 18.4 Å². The molecule has 0 spiro atoms. The lowest BCUT2D eigenvalue weighted by atomic mass is 9.87. The van der Waals surface area contributed by atoms with Crippen LogP contribution in [0.15, 0.2) is 18.2 Å². The average Bonchev–Trinajstić information content (AvgIpc) is 2.51. The van der Waals surface area contributed by atoms with Gasteiger partial charge in [0.2, 0.25) is 0 Å². The topological polar surface area (TPSA) is 57.2 Å². The van der Waals surface area contributed by atoms with Crippen molar-refractivity contribution < 1.29 is 24.1 Å². The lowest BCUT2D eigenvalue weighted by Gasteiger charge is -2.33. The SMILES string of the molecule is COCOc1ccc(C2(O)CCSCC2)c(OCOC)c1. The molecule has 1 fully saturated rings. The zero-order valence-corrected chi connectivity index (χ0v) is 13.3. The molecule has 5 nitrogen and oxygen atoms in total. The first kappa shape index (κ1) is 16.4. The van der Waals surface area contributed by atoms with Crippen molar-refractivity contribution in [2.75, 3.05) is 39.3 Å². The summed E-state index contributed by atoms with van der Waals surface area (Å²) < 4.78 is 20.9. The molecule has 0 bridgehead atoms. The van der Waals surface area contributed by atoms with Crippen LogP contribution in [0.2, 0.25) is 0 Å². The molecule has 0 saturated carbocycles. The highest BCUT2D eigenvalue weighted by Gasteiger charge is 2.34. The minimum absolute atomic E-state index is 0.131. The largest absolute Gasteiger partial charge is 0.467 e. The molecule has 2 rings (SSSR count). The van der Waals surface area contributed by atoms with Gasteiger partial charge in [0.25, 0.3) is 0 Å². The minimum Gasteiger partial charge on any atom is -0.467 e. The van der Waals surface area contributed by atoms with Crippen molar-refractivity contribution in [1.82, 2.24) is 0 Å². The van der Waals surface area contributed by atoms with E-state index >= 15 is 0 Å². The highest BCUT2D eigenvalue weighted by Crippen LogP contribution is 2.41. The van der Waals surface area contributed by atoms with Crippen LogP contribution in [0.25, 0.3) is 0 Å². The molecule has 1 aliphatic rings. The summed E-state index contributed by atoms with van der Waals surface area (Å²) in [5.74, 6) is 3.13. The van der Waals surface area contributed by atoms with E-state index in [0.29, 0.717) is 11.5 Å². The van der Waals surface area contributed by atoms with Crippen LogP contribution in [0.3, 0.4) is 0 Å². The number of rotatable bonds is 7. The van der Waals surface area contributed by atoms with Crippen molar-refractivity contribution in [2.24, 2.45) is 0 Å². The summed E-state index contributed by atoms with van der Waals surface area (Å²) in [6.07, 6.45) is 1.44. The Kier molecular flexibility index (Phi) is 6.17. The Morgan fingerprint density at radius 2 is 1.76 bits per heavy atom.